The van der Waals surface area contributed by atoms with Crippen LogP contribution >= 0.6 is 0 Å². The van der Waals surface area contributed by atoms with Gasteiger partial charge < -0.3 is 5.32 Å². The lowest BCUT2D eigenvalue weighted by Crippen LogP contribution is -2.25. The molecule has 104 valence electrons. The van der Waals surface area contributed by atoms with Gasteiger partial charge in [0.25, 0.3) is 0 Å². The molecule has 0 radical (unpaired) electrons. The van der Waals surface area contributed by atoms with E-state index >= 15 is 0 Å². The van der Waals surface area contributed by atoms with Crippen molar-refractivity contribution in [3.05, 3.63) is 65.7 Å². The predicted octanol–water partition coefficient (Wildman–Crippen LogP) is 3.50. The highest BCUT2D eigenvalue weighted by molar-refractivity contribution is 5.22. The minimum Gasteiger partial charge on any atom is -0.309 e. The van der Waals surface area contributed by atoms with Crippen molar-refractivity contribution in [1.82, 2.24) is 10.3 Å². The molecule has 0 spiro atoms. The number of benzene rings is 1. The zero-order valence-corrected chi connectivity index (χ0v) is 11.4. The van der Waals surface area contributed by atoms with Crippen LogP contribution in [0.25, 0.3) is 0 Å². The molecule has 1 N–H and O–H groups in total. The Kier molecular flexibility index (Phi) is 4.07. The van der Waals surface area contributed by atoms with Gasteiger partial charge in [0.15, 0.2) is 0 Å². The van der Waals surface area contributed by atoms with Crippen LogP contribution in [0, 0.1) is 11.7 Å². The van der Waals surface area contributed by atoms with E-state index < -0.39 is 0 Å². The molecule has 1 heterocycles. The van der Waals surface area contributed by atoms with Crippen LogP contribution in [0.1, 0.15) is 30.0 Å². The highest BCUT2D eigenvalue weighted by Gasteiger charge is 2.31. The van der Waals surface area contributed by atoms with E-state index in [9.17, 15) is 4.39 Å². The van der Waals surface area contributed by atoms with Crippen LogP contribution < -0.4 is 5.32 Å². The lowest BCUT2D eigenvalue weighted by molar-refractivity contribution is 0.483. The van der Waals surface area contributed by atoms with E-state index in [0.717, 1.165) is 13.0 Å². The van der Waals surface area contributed by atoms with Gasteiger partial charge in [0.05, 0.1) is 0 Å². The molecule has 1 unspecified atom stereocenters. The van der Waals surface area contributed by atoms with Gasteiger partial charge >= 0.3 is 0 Å². The Morgan fingerprint density at radius 2 is 1.80 bits per heavy atom. The topological polar surface area (TPSA) is 24.9 Å². The molecule has 1 aromatic heterocycles. The minimum absolute atomic E-state index is 0.167. The molecule has 2 aromatic rings. The lowest BCUT2D eigenvalue weighted by atomic mass is 10.0. The third kappa shape index (κ3) is 3.42. The Bertz CT molecular complexity index is 535. The number of nitrogens with one attached hydrogen (secondary N) is 1. The summed E-state index contributed by atoms with van der Waals surface area (Å²) >= 11 is 0. The van der Waals surface area contributed by atoms with Crippen molar-refractivity contribution in [1.29, 1.82) is 0 Å². The van der Waals surface area contributed by atoms with Gasteiger partial charge in [-0.3, -0.25) is 4.98 Å². The van der Waals surface area contributed by atoms with Crippen LogP contribution in [0.2, 0.25) is 0 Å². The first-order valence-corrected chi connectivity index (χ1v) is 7.21. The summed E-state index contributed by atoms with van der Waals surface area (Å²) in [6.07, 6.45) is 7.18. The van der Waals surface area contributed by atoms with Gasteiger partial charge in [-0.2, -0.15) is 0 Å². The summed E-state index contributed by atoms with van der Waals surface area (Å²) < 4.78 is 13.0. The van der Waals surface area contributed by atoms with Crippen LogP contribution in [0.3, 0.4) is 0 Å². The van der Waals surface area contributed by atoms with E-state index in [-0.39, 0.29) is 5.82 Å². The van der Waals surface area contributed by atoms with E-state index in [0.29, 0.717) is 12.0 Å². The highest BCUT2D eigenvalue weighted by atomic mass is 19.1. The number of rotatable bonds is 6. The van der Waals surface area contributed by atoms with Crippen molar-refractivity contribution >= 4 is 0 Å². The molecular formula is C17H19FN2. The van der Waals surface area contributed by atoms with Crippen LogP contribution in [-0.2, 0) is 6.42 Å². The largest absolute Gasteiger partial charge is 0.309 e. The number of hydrogen-bond acceptors (Lipinski definition) is 2. The molecule has 1 saturated carbocycles. The molecule has 0 amide bonds. The van der Waals surface area contributed by atoms with E-state index in [1.54, 1.807) is 12.1 Å². The van der Waals surface area contributed by atoms with E-state index in [1.165, 1.54) is 24.0 Å². The summed E-state index contributed by atoms with van der Waals surface area (Å²) in [5.41, 5.74) is 2.49. The van der Waals surface area contributed by atoms with Crippen LogP contribution in [0.4, 0.5) is 4.39 Å². The van der Waals surface area contributed by atoms with E-state index in [1.807, 2.05) is 36.7 Å². The first kappa shape index (κ1) is 13.3. The smallest absolute Gasteiger partial charge is 0.123 e. The van der Waals surface area contributed by atoms with Crippen molar-refractivity contribution < 1.29 is 4.39 Å². The summed E-state index contributed by atoms with van der Waals surface area (Å²) in [6.45, 7) is 0.933. The number of nitrogens with zero attached hydrogens (tertiary/aromatic N) is 1. The average molecular weight is 270 g/mol. The Labute approximate surface area is 119 Å². The summed E-state index contributed by atoms with van der Waals surface area (Å²) in [7, 11) is 0. The zero-order valence-electron chi connectivity index (χ0n) is 11.4. The van der Waals surface area contributed by atoms with E-state index in [4.69, 9.17) is 0 Å². The van der Waals surface area contributed by atoms with Gasteiger partial charge in [0, 0.05) is 18.4 Å². The van der Waals surface area contributed by atoms with Crippen molar-refractivity contribution in [2.24, 2.45) is 5.92 Å². The maximum absolute atomic E-state index is 13.0. The van der Waals surface area contributed by atoms with Gasteiger partial charge in [-0.05, 0) is 67.1 Å². The van der Waals surface area contributed by atoms with Crippen molar-refractivity contribution in [2.45, 2.75) is 25.3 Å². The first-order chi connectivity index (χ1) is 9.83. The SMILES string of the molecule is Fc1ccc(C(NCCc2ccncc2)C2CC2)cc1. The molecule has 0 aliphatic heterocycles. The number of pyridine rings is 1. The first-order valence-electron chi connectivity index (χ1n) is 7.21. The third-order valence-electron chi connectivity index (χ3n) is 3.85. The second kappa shape index (κ2) is 6.14. The molecule has 1 aromatic carbocycles. The van der Waals surface area contributed by atoms with Gasteiger partial charge in [-0.15, -0.1) is 0 Å². The standard InChI is InChI=1S/C17H19FN2/c18-16-5-3-15(4-6-16)17(14-1-2-14)20-12-9-13-7-10-19-11-8-13/h3-8,10-11,14,17,20H,1-2,9,12H2. The molecule has 1 aliphatic carbocycles. The Morgan fingerprint density at radius 3 is 2.45 bits per heavy atom. The summed E-state index contributed by atoms with van der Waals surface area (Å²) in [6, 6.07) is 11.4. The van der Waals surface area contributed by atoms with Gasteiger partial charge in [-0.25, -0.2) is 4.39 Å². The fraction of sp³-hybridized carbons (Fsp3) is 0.353. The molecular weight excluding hydrogens is 251 g/mol. The molecule has 20 heavy (non-hydrogen) atoms. The Morgan fingerprint density at radius 1 is 1.10 bits per heavy atom. The summed E-state index contributed by atoms with van der Waals surface area (Å²) in [5, 5.41) is 3.62. The van der Waals surface area contributed by atoms with Gasteiger partial charge in [0.1, 0.15) is 5.82 Å². The summed E-state index contributed by atoms with van der Waals surface area (Å²) in [5.74, 6) is 0.540. The molecule has 1 aliphatic rings. The van der Waals surface area contributed by atoms with E-state index in [2.05, 4.69) is 10.3 Å². The maximum atomic E-state index is 13.0. The quantitative estimate of drug-likeness (QED) is 0.869. The number of halogens is 1. The molecule has 1 atom stereocenters. The molecule has 3 heteroatoms. The predicted molar refractivity (Wildman–Crippen MR) is 77.8 cm³/mol. The van der Waals surface area contributed by atoms with Crippen LogP contribution in [0.15, 0.2) is 48.8 Å². The Hall–Kier alpha value is -1.74. The van der Waals surface area contributed by atoms with Gasteiger partial charge in [0.2, 0.25) is 0 Å². The second-order valence-electron chi connectivity index (χ2n) is 5.43. The average Bonchev–Trinajstić information content (AvgIpc) is 3.31. The van der Waals surface area contributed by atoms with Crippen LogP contribution in [-0.4, -0.2) is 11.5 Å². The van der Waals surface area contributed by atoms with Crippen LogP contribution in [0.5, 0.6) is 0 Å². The van der Waals surface area contributed by atoms with Crippen molar-refractivity contribution in [3.8, 4) is 0 Å². The van der Waals surface area contributed by atoms with Crippen molar-refractivity contribution in [2.75, 3.05) is 6.54 Å². The molecule has 0 saturated heterocycles. The second-order valence-corrected chi connectivity index (χ2v) is 5.43. The molecule has 0 bridgehead atoms. The van der Waals surface area contributed by atoms with Crippen molar-refractivity contribution in [3.63, 3.8) is 0 Å². The maximum Gasteiger partial charge on any atom is 0.123 e. The zero-order chi connectivity index (χ0) is 13.8. The van der Waals surface area contributed by atoms with Gasteiger partial charge in [-0.1, -0.05) is 12.1 Å². The summed E-state index contributed by atoms with van der Waals surface area (Å²) in [4.78, 5) is 4.03. The number of hydrogen-bond donors (Lipinski definition) is 1. The fourth-order valence-corrected chi connectivity index (χ4v) is 2.58. The third-order valence-corrected chi connectivity index (χ3v) is 3.85. The molecule has 2 nitrogen and oxygen atoms in total. The number of aromatic nitrogens is 1. The normalized spacial score (nSPS) is 16.1. The molecule has 1 fully saturated rings. The minimum atomic E-state index is -0.167. The highest BCUT2D eigenvalue weighted by Crippen LogP contribution is 2.40. The fourth-order valence-electron chi connectivity index (χ4n) is 2.58. The Balaban J connectivity index is 1.59. The lowest BCUT2D eigenvalue weighted by Gasteiger charge is -2.19. The molecule has 3 rings (SSSR count). The monoisotopic (exact) mass is 270 g/mol.